The number of halogens is 6. The molecule has 2 heterocycles. The van der Waals surface area contributed by atoms with E-state index in [1.165, 1.54) is 24.3 Å². The molecule has 0 unspecified atom stereocenters. The minimum absolute atomic E-state index is 0.0783. The molecule has 0 N–H and O–H groups in total. The Hall–Kier alpha value is -2.85. The van der Waals surface area contributed by atoms with Crippen molar-refractivity contribution in [2.45, 2.75) is 19.1 Å². The standard InChI is InChI=1S/C14H8F6N4O/c15-13(16,17)7-24-12-11(22-23-24)6-5-10(21-12)8-1-3-9(4-2-8)25-14(18,19)20/h1-6H,7H2. The molecular formula is C14H8F6N4O. The molecule has 0 saturated carbocycles. The minimum atomic E-state index is -4.81. The van der Waals surface area contributed by atoms with Gasteiger partial charge in [-0.25, -0.2) is 9.67 Å². The van der Waals surface area contributed by atoms with Gasteiger partial charge >= 0.3 is 12.5 Å². The van der Waals surface area contributed by atoms with Crippen LogP contribution in [0.2, 0.25) is 0 Å². The summed E-state index contributed by atoms with van der Waals surface area (Å²) >= 11 is 0. The summed E-state index contributed by atoms with van der Waals surface area (Å²) in [7, 11) is 0. The lowest BCUT2D eigenvalue weighted by molar-refractivity contribution is -0.274. The van der Waals surface area contributed by atoms with Crippen molar-refractivity contribution in [3.8, 4) is 17.0 Å². The van der Waals surface area contributed by atoms with Gasteiger partial charge in [0, 0.05) is 5.56 Å². The Kier molecular flexibility index (Phi) is 4.01. The molecule has 5 nitrogen and oxygen atoms in total. The summed E-state index contributed by atoms with van der Waals surface area (Å²) in [5, 5.41) is 7.01. The molecule has 0 amide bonds. The van der Waals surface area contributed by atoms with Crippen LogP contribution in [0.1, 0.15) is 0 Å². The lowest BCUT2D eigenvalue weighted by Crippen LogP contribution is -2.19. The number of hydrogen-bond donors (Lipinski definition) is 0. The lowest BCUT2D eigenvalue weighted by atomic mass is 10.1. The Morgan fingerprint density at radius 1 is 0.920 bits per heavy atom. The fourth-order valence-electron chi connectivity index (χ4n) is 2.12. The quantitative estimate of drug-likeness (QED) is 0.662. The molecule has 2 aromatic heterocycles. The summed E-state index contributed by atoms with van der Waals surface area (Å²) in [5.41, 5.74) is 0.753. The van der Waals surface area contributed by atoms with Crippen LogP contribution in [0, 0.1) is 0 Å². The molecule has 132 valence electrons. The van der Waals surface area contributed by atoms with Crippen LogP contribution >= 0.6 is 0 Å². The second kappa shape index (κ2) is 5.90. The molecule has 25 heavy (non-hydrogen) atoms. The molecule has 0 bridgehead atoms. The van der Waals surface area contributed by atoms with E-state index in [9.17, 15) is 26.3 Å². The second-order valence-electron chi connectivity index (χ2n) is 4.97. The van der Waals surface area contributed by atoms with Crippen LogP contribution in [0.4, 0.5) is 26.3 Å². The zero-order chi connectivity index (χ0) is 18.2. The Labute approximate surface area is 135 Å². The molecule has 1 aromatic carbocycles. The van der Waals surface area contributed by atoms with E-state index in [0.29, 0.717) is 10.2 Å². The Morgan fingerprint density at radius 2 is 1.60 bits per heavy atom. The molecule has 3 aromatic rings. The number of fused-ring (bicyclic) bond motifs is 1. The average Bonchev–Trinajstić information content (AvgIpc) is 2.87. The van der Waals surface area contributed by atoms with Crippen molar-refractivity contribution in [1.82, 2.24) is 20.0 Å². The maximum atomic E-state index is 12.5. The van der Waals surface area contributed by atoms with Crippen LogP contribution in [0.3, 0.4) is 0 Å². The van der Waals surface area contributed by atoms with E-state index in [-0.39, 0.29) is 16.9 Å². The average molecular weight is 362 g/mol. The predicted octanol–water partition coefficient (Wildman–Crippen LogP) is 3.95. The van der Waals surface area contributed by atoms with Crippen LogP contribution < -0.4 is 4.74 Å². The highest BCUT2D eigenvalue weighted by atomic mass is 19.4. The lowest BCUT2D eigenvalue weighted by Gasteiger charge is -2.09. The van der Waals surface area contributed by atoms with Gasteiger partial charge in [-0.1, -0.05) is 5.21 Å². The first-order valence-corrected chi connectivity index (χ1v) is 6.74. The van der Waals surface area contributed by atoms with Gasteiger partial charge in [-0.2, -0.15) is 13.2 Å². The molecule has 11 heteroatoms. The molecule has 0 aliphatic rings. The van der Waals surface area contributed by atoms with Crippen LogP contribution in [-0.4, -0.2) is 32.5 Å². The maximum Gasteiger partial charge on any atom is 0.573 e. The second-order valence-corrected chi connectivity index (χ2v) is 4.97. The van der Waals surface area contributed by atoms with Crippen LogP contribution in [0.5, 0.6) is 5.75 Å². The van der Waals surface area contributed by atoms with E-state index in [1.807, 2.05) is 0 Å². The van der Waals surface area contributed by atoms with Crippen molar-refractivity contribution < 1.29 is 31.1 Å². The summed E-state index contributed by atoms with van der Waals surface area (Å²) in [6.07, 6.45) is -9.30. The first-order chi connectivity index (χ1) is 11.6. The van der Waals surface area contributed by atoms with Crippen molar-refractivity contribution in [1.29, 1.82) is 0 Å². The summed E-state index contributed by atoms with van der Waals surface area (Å²) in [5.74, 6) is -0.416. The number of nitrogens with zero attached hydrogens (tertiary/aromatic N) is 4. The number of hydrogen-bond acceptors (Lipinski definition) is 4. The van der Waals surface area contributed by atoms with E-state index >= 15 is 0 Å². The van der Waals surface area contributed by atoms with Crippen molar-refractivity contribution in [2.75, 3.05) is 0 Å². The number of rotatable bonds is 3. The van der Waals surface area contributed by atoms with Crippen molar-refractivity contribution >= 4 is 11.2 Å². The van der Waals surface area contributed by atoms with Crippen molar-refractivity contribution in [2.24, 2.45) is 0 Å². The molecule has 0 saturated heterocycles. The van der Waals surface area contributed by atoms with Gasteiger partial charge in [-0.05, 0) is 36.4 Å². The minimum Gasteiger partial charge on any atom is -0.406 e. The summed E-state index contributed by atoms with van der Waals surface area (Å²) in [6, 6.07) is 7.70. The SMILES string of the molecule is FC(F)(F)Cn1nnc2ccc(-c3ccc(OC(F)(F)F)cc3)nc21. The monoisotopic (exact) mass is 362 g/mol. The van der Waals surface area contributed by atoms with E-state index in [2.05, 4.69) is 20.0 Å². The fourth-order valence-corrected chi connectivity index (χ4v) is 2.12. The number of benzene rings is 1. The number of aromatic nitrogens is 4. The van der Waals surface area contributed by atoms with Crippen LogP contribution in [0.25, 0.3) is 22.4 Å². The zero-order valence-corrected chi connectivity index (χ0v) is 12.1. The van der Waals surface area contributed by atoms with Gasteiger partial charge in [0.1, 0.15) is 17.8 Å². The van der Waals surface area contributed by atoms with E-state index < -0.39 is 24.8 Å². The van der Waals surface area contributed by atoms with E-state index in [4.69, 9.17) is 0 Å². The van der Waals surface area contributed by atoms with Gasteiger partial charge in [0.05, 0.1) is 5.69 Å². The number of ether oxygens (including phenoxy) is 1. The van der Waals surface area contributed by atoms with E-state index in [0.717, 1.165) is 12.1 Å². The zero-order valence-electron chi connectivity index (χ0n) is 12.1. The van der Waals surface area contributed by atoms with Gasteiger partial charge in [-0.15, -0.1) is 18.3 Å². The van der Waals surface area contributed by atoms with Gasteiger partial charge in [-0.3, -0.25) is 0 Å². The van der Waals surface area contributed by atoms with Gasteiger partial charge in [0.2, 0.25) is 0 Å². The number of alkyl halides is 6. The smallest absolute Gasteiger partial charge is 0.406 e. The van der Waals surface area contributed by atoms with Gasteiger partial charge in [0.25, 0.3) is 0 Å². The molecule has 0 aliphatic heterocycles. The number of pyridine rings is 1. The molecule has 3 rings (SSSR count). The Bertz CT molecular complexity index is 885. The largest absolute Gasteiger partial charge is 0.573 e. The van der Waals surface area contributed by atoms with Gasteiger partial charge < -0.3 is 4.74 Å². The topological polar surface area (TPSA) is 52.8 Å². The maximum absolute atomic E-state index is 12.5. The Balaban J connectivity index is 1.92. The molecule has 0 radical (unpaired) electrons. The van der Waals surface area contributed by atoms with Crippen LogP contribution in [-0.2, 0) is 6.54 Å². The third-order valence-electron chi connectivity index (χ3n) is 3.07. The third kappa shape index (κ3) is 4.17. The van der Waals surface area contributed by atoms with Crippen molar-refractivity contribution in [3.63, 3.8) is 0 Å². The highest BCUT2D eigenvalue weighted by Gasteiger charge is 2.31. The molecule has 0 spiro atoms. The highest BCUT2D eigenvalue weighted by molar-refractivity contribution is 5.74. The third-order valence-corrected chi connectivity index (χ3v) is 3.07. The van der Waals surface area contributed by atoms with Crippen LogP contribution in [0.15, 0.2) is 36.4 Å². The molecule has 0 aliphatic carbocycles. The highest BCUT2D eigenvalue weighted by Crippen LogP contribution is 2.27. The Morgan fingerprint density at radius 3 is 2.20 bits per heavy atom. The molecular weight excluding hydrogens is 354 g/mol. The van der Waals surface area contributed by atoms with Gasteiger partial charge in [0.15, 0.2) is 5.65 Å². The first-order valence-electron chi connectivity index (χ1n) is 6.74. The van der Waals surface area contributed by atoms with Crippen molar-refractivity contribution in [3.05, 3.63) is 36.4 Å². The predicted molar refractivity (Wildman–Crippen MR) is 73.5 cm³/mol. The summed E-state index contributed by atoms with van der Waals surface area (Å²) in [4.78, 5) is 4.07. The molecule has 0 fully saturated rings. The summed E-state index contributed by atoms with van der Waals surface area (Å²) in [6.45, 7) is -1.35. The summed E-state index contributed by atoms with van der Waals surface area (Å²) < 4.78 is 78.4. The molecule has 0 atom stereocenters. The normalized spacial score (nSPS) is 12.6. The fraction of sp³-hybridized carbons (Fsp3) is 0.214. The van der Waals surface area contributed by atoms with E-state index in [1.54, 1.807) is 0 Å². The first kappa shape index (κ1) is 17.0.